The van der Waals surface area contributed by atoms with Crippen LogP contribution < -0.4 is 4.74 Å². The lowest BCUT2D eigenvalue weighted by Crippen LogP contribution is -2.39. The molecule has 1 rings (SSSR count). The third kappa shape index (κ3) is 5.32. The predicted molar refractivity (Wildman–Crippen MR) is 77.5 cm³/mol. The quantitative estimate of drug-likeness (QED) is 0.543. The van der Waals surface area contributed by atoms with E-state index in [9.17, 15) is 0 Å². The Balaban J connectivity index is 2.61. The van der Waals surface area contributed by atoms with Crippen LogP contribution in [0, 0.1) is 0 Å². The van der Waals surface area contributed by atoms with Gasteiger partial charge >= 0.3 is 8.56 Å². The first kappa shape index (κ1) is 16.2. The Kier molecular flexibility index (Phi) is 6.51. The lowest BCUT2D eigenvalue weighted by molar-refractivity contribution is -0.0613. The van der Waals surface area contributed by atoms with Crippen LogP contribution in [0.3, 0.4) is 0 Å². The van der Waals surface area contributed by atoms with Gasteiger partial charge in [-0.3, -0.25) is 0 Å². The number of benzene rings is 1. The summed E-state index contributed by atoms with van der Waals surface area (Å²) in [6.45, 7) is 6.53. The van der Waals surface area contributed by atoms with E-state index in [2.05, 4.69) is 6.55 Å². The van der Waals surface area contributed by atoms with E-state index in [-0.39, 0.29) is 6.29 Å². The zero-order valence-electron chi connectivity index (χ0n) is 12.4. The second-order valence-electron chi connectivity index (χ2n) is 4.50. The molecule has 0 fully saturated rings. The Bertz CT molecular complexity index is 362. The molecule has 0 amide bonds. The average molecular weight is 284 g/mol. The van der Waals surface area contributed by atoms with Crippen LogP contribution >= 0.6 is 0 Å². The highest BCUT2D eigenvalue weighted by atomic mass is 28.4. The molecule has 0 bridgehead atoms. The molecule has 0 aromatic heterocycles. The monoisotopic (exact) mass is 284 g/mol. The van der Waals surface area contributed by atoms with E-state index in [1.807, 2.05) is 38.1 Å². The molecule has 0 saturated carbocycles. The molecule has 1 atom stereocenters. The highest BCUT2D eigenvalue weighted by molar-refractivity contribution is 6.65. The highest BCUT2D eigenvalue weighted by Gasteiger charge is 2.28. The lowest BCUT2D eigenvalue weighted by atomic mass is 10.2. The standard InChI is InChI=1S/C14H24O4Si/c1-6-17-12(2)18-14-9-7-13(8-10-14)11-19(5,15-3)16-4/h7-10,12H,6,11H2,1-5H3. The van der Waals surface area contributed by atoms with E-state index in [1.54, 1.807) is 14.2 Å². The number of ether oxygens (including phenoxy) is 2. The van der Waals surface area contributed by atoms with Gasteiger partial charge in [0.2, 0.25) is 0 Å². The second-order valence-corrected chi connectivity index (χ2v) is 7.94. The van der Waals surface area contributed by atoms with Crippen molar-refractivity contribution in [2.24, 2.45) is 0 Å². The fraction of sp³-hybridized carbons (Fsp3) is 0.571. The molecule has 0 aliphatic rings. The van der Waals surface area contributed by atoms with Gasteiger partial charge in [-0.15, -0.1) is 0 Å². The topological polar surface area (TPSA) is 36.9 Å². The van der Waals surface area contributed by atoms with Crippen molar-refractivity contribution in [3.63, 3.8) is 0 Å². The van der Waals surface area contributed by atoms with Gasteiger partial charge in [-0.1, -0.05) is 12.1 Å². The van der Waals surface area contributed by atoms with Gasteiger partial charge < -0.3 is 18.3 Å². The van der Waals surface area contributed by atoms with Crippen molar-refractivity contribution in [2.45, 2.75) is 32.7 Å². The number of rotatable bonds is 8. The van der Waals surface area contributed by atoms with Crippen molar-refractivity contribution >= 4 is 8.56 Å². The molecule has 0 radical (unpaired) electrons. The zero-order chi connectivity index (χ0) is 14.3. The molecule has 108 valence electrons. The molecule has 0 heterocycles. The van der Waals surface area contributed by atoms with Crippen molar-refractivity contribution in [1.29, 1.82) is 0 Å². The molecule has 19 heavy (non-hydrogen) atoms. The molecule has 0 spiro atoms. The van der Waals surface area contributed by atoms with Gasteiger partial charge in [0.05, 0.1) is 0 Å². The van der Waals surface area contributed by atoms with Crippen molar-refractivity contribution in [3.8, 4) is 5.75 Å². The van der Waals surface area contributed by atoms with Crippen LogP contribution in [0.4, 0.5) is 0 Å². The van der Waals surface area contributed by atoms with Crippen LogP contribution in [0.1, 0.15) is 19.4 Å². The van der Waals surface area contributed by atoms with E-state index in [0.717, 1.165) is 11.8 Å². The Morgan fingerprint density at radius 3 is 2.16 bits per heavy atom. The molecule has 0 aliphatic carbocycles. The maximum atomic E-state index is 5.62. The van der Waals surface area contributed by atoms with Gasteiger partial charge in [0.25, 0.3) is 0 Å². The van der Waals surface area contributed by atoms with Crippen molar-refractivity contribution < 1.29 is 18.3 Å². The number of hydrogen-bond donors (Lipinski definition) is 0. The third-order valence-corrected chi connectivity index (χ3v) is 5.79. The van der Waals surface area contributed by atoms with Crippen LogP contribution in [-0.4, -0.2) is 35.7 Å². The van der Waals surface area contributed by atoms with Crippen LogP contribution in [0.5, 0.6) is 5.75 Å². The Hall–Kier alpha value is -0.883. The molecule has 0 N–H and O–H groups in total. The molecular weight excluding hydrogens is 260 g/mol. The van der Waals surface area contributed by atoms with Crippen LogP contribution in [-0.2, 0) is 19.6 Å². The minimum Gasteiger partial charge on any atom is -0.465 e. The van der Waals surface area contributed by atoms with Gasteiger partial charge in [0, 0.05) is 26.9 Å². The third-order valence-electron chi connectivity index (χ3n) is 3.02. The Morgan fingerprint density at radius 2 is 1.68 bits per heavy atom. The van der Waals surface area contributed by atoms with Gasteiger partial charge in [-0.25, -0.2) is 0 Å². The summed E-state index contributed by atoms with van der Waals surface area (Å²) in [4.78, 5) is 0. The van der Waals surface area contributed by atoms with Crippen molar-refractivity contribution in [1.82, 2.24) is 0 Å². The van der Waals surface area contributed by atoms with Gasteiger partial charge in [0.1, 0.15) is 5.75 Å². The molecule has 1 aromatic rings. The Morgan fingerprint density at radius 1 is 1.11 bits per heavy atom. The molecule has 4 nitrogen and oxygen atoms in total. The smallest absolute Gasteiger partial charge is 0.338 e. The first-order valence-electron chi connectivity index (χ1n) is 6.50. The maximum Gasteiger partial charge on any atom is 0.338 e. The summed E-state index contributed by atoms with van der Waals surface area (Å²) in [5.41, 5.74) is 1.19. The SMILES string of the molecule is CCOC(C)Oc1ccc(C[Si](C)(OC)OC)cc1. The van der Waals surface area contributed by atoms with E-state index < -0.39 is 8.56 Å². The van der Waals surface area contributed by atoms with E-state index in [1.165, 1.54) is 5.56 Å². The van der Waals surface area contributed by atoms with Crippen LogP contribution in [0.15, 0.2) is 24.3 Å². The molecule has 5 heteroatoms. The largest absolute Gasteiger partial charge is 0.465 e. The number of hydrogen-bond acceptors (Lipinski definition) is 4. The van der Waals surface area contributed by atoms with Crippen LogP contribution in [0.2, 0.25) is 6.55 Å². The van der Waals surface area contributed by atoms with Gasteiger partial charge in [-0.05, 0) is 38.1 Å². The second kappa shape index (κ2) is 7.64. The first-order valence-corrected chi connectivity index (χ1v) is 9.03. The summed E-state index contributed by atoms with van der Waals surface area (Å²) < 4.78 is 21.9. The maximum absolute atomic E-state index is 5.62. The summed E-state index contributed by atoms with van der Waals surface area (Å²) in [5, 5.41) is 0. The van der Waals surface area contributed by atoms with Gasteiger partial charge in [-0.2, -0.15) is 0 Å². The first-order chi connectivity index (χ1) is 9.03. The van der Waals surface area contributed by atoms with Crippen molar-refractivity contribution in [3.05, 3.63) is 29.8 Å². The molecule has 1 unspecified atom stereocenters. The van der Waals surface area contributed by atoms with E-state index in [4.69, 9.17) is 18.3 Å². The van der Waals surface area contributed by atoms with E-state index >= 15 is 0 Å². The van der Waals surface area contributed by atoms with E-state index in [0.29, 0.717) is 6.61 Å². The minimum absolute atomic E-state index is 0.228. The highest BCUT2D eigenvalue weighted by Crippen LogP contribution is 2.18. The molecule has 0 saturated heterocycles. The summed E-state index contributed by atoms with van der Waals surface area (Å²) in [6.07, 6.45) is -0.228. The lowest BCUT2D eigenvalue weighted by Gasteiger charge is -2.22. The molecule has 1 aromatic carbocycles. The van der Waals surface area contributed by atoms with Gasteiger partial charge in [0.15, 0.2) is 6.29 Å². The average Bonchev–Trinajstić information content (AvgIpc) is 2.41. The summed E-state index contributed by atoms with van der Waals surface area (Å²) >= 11 is 0. The van der Waals surface area contributed by atoms with Crippen molar-refractivity contribution in [2.75, 3.05) is 20.8 Å². The fourth-order valence-corrected chi connectivity index (χ4v) is 3.18. The fourth-order valence-electron chi connectivity index (χ4n) is 1.74. The summed E-state index contributed by atoms with van der Waals surface area (Å²) in [7, 11) is 1.34. The minimum atomic E-state index is -2.07. The normalized spacial score (nSPS) is 13.3. The zero-order valence-corrected chi connectivity index (χ0v) is 13.4. The Labute approximate surface area is 116 Å². The van der Waals surface area contributed by atoms with Crippen LogP contribution in [0.25, 0.3) is 0 Å². The summed E-state index contributed by atoms with van der Waals surface area (Å²) in [6, 6.07) is 8.80. The predicted octanol–water partition coefficient (Wildman–Crippen LogP) is 2.89. The molecular formula is C14H24O4Si. The molecule has 0 aliphatic heterocycles. The summed E-state index contributed by atoms with van der Waals surface area (Å²) in [5.74, 6) is 0.808.